The predicted molar refractivity (Wildman–Crippen MR) is 132 cm³/mol. The molecule has 2 heterocycles. The summed E-state index contributed by atoms with van der Waals surface area (Å²) in [5, 5.41) is 0. The zero-order valence-electron chi connectivity index (χ0n) is 21.4. The largest absolute Gasteiger partial charge is 0.368 e. The number of hydrogen-bond acceptors (Lipinski definition) is 18. The van der Waals surface area contributed by atoms with Crippen molar-refractivity contribution in [3.63, 3.8) is 0 Å². The second-order valence-corrected chi connectivity index (χ2v) is 6.77. The monoisotopic (exact) mass is 516 g/mol. The molecule has 6 N–H and O–H groups in total. The third kappa shape index (κ3) is 10.5. The molecule has 18 heteroatoms. The van der Waals surface area contributed by atoms with Gasteiger partial charge >= 0.3 is 0 Å². The Kier molecular flexibility index (Phi) is 14.5. The van der Waals surface area contributed by atoms with E-state index in [1.165, 1.54) is 0 Å². The van der Waals surface area contributed by atoms with E-state index in [9.17, 15) is 0 Å². The summed E-state index contributed by atoms with van der Waals surface area (Å²) in [4.78, 5) is 29.1. The number of rotatable bonds is 15. The molecule has 0 fully saturated rings. The van der Waals surface area contributed by atoms with Crippen molar-refractivity contribution in [1.29, 1.82) is 0 Å². The molecule has 2 rings (SSSR count). The van der Waals surface area contributed by atoms with Crippen LogP contribution in [0.4, 0.5) is 35.7 Å². The Morgan fingerprint density at radius 3 is 0.778 bits per heavy atom. The number of hydrogen-bond donors (Lipinski definition) is 3. The fraction of sp³-hybridized carbons (Fsp3) is 0.667. The lowest BCUT2D eigenvalue weighted by Gasteiger charge is -2.27. The van der Waals surface area contributed by atoms with Gasteiger partial charge in [0.15, 0.2) is 0 Å². The van der Waals surface area contributed by atoms with Crippen LogP contribution in [0.5, 0.6) is 0 Å². The molecule has 0 amide bonds. The zero-order chi connectivity index (χ0) is 26.9. The Balaban J connectivity index is 0.000000600. The van der Waals surface area contributed by atoms with Crippen LogP contribution in [0.3, 0.4) is 0 Å². The first-order chi connectivity index (χ1) is 17.3. The topological polar surface area (TPSA) is 221 Å². The van der Waals surface area contributed by atoms with Crippen molar-refractivity contribution in [2.24, 2.45) is 0 Å². The molecular weight excluding hydrogens is 480 g/mol. The Hall–Kier alpha value is -3.42. The first kappa shape index (κ1) is 30.6. The summed E-state index contributed by atoms with van der Waals surface area (Å²) in [6, 6.07) is 0. The van der Waals surface area contributed by atoms with Crippen LogP contribution in [0.25, 0.3) is 0 Å². The second-order valence-electron chi connectivity index (χ2n) is 6.77. The van der Waals surface area contributed by atoms with Gasteiger partial charge < -0.3 is 45.6 Å². The molecule has 0 aliphatic carbocycles. The van der Waals surface area contributed by atoms with Crippen LogP contribution in [0, 0.1) is 0 Å². The van der Waals surface area contributed by atoms with E-state index in [1.807, 2.05) is 0 Å². The summed E-state index contributed by atoms with van der Waals surface area (Å²) in [6.45, 7) is 1.42. The van der Waals surface area contributed by atoms with Crippen LogP contribution in [0.15, 0.2) is 0 Å². The van der Waals surface area contributed by atoms with Crippen LogP contribution in [-0.4, -0.2) is 113 Å². The van der Waals surface area contributed by atoms with Crippen molar-refractivity contribution in [1.82, 2.24) is 29.9 Å². The molecule has 36 heavy (non-hydrogen) atoms. The lowest BCUT2D eigenvalue weighted by Crippen LogP contribution is -2.36. The van der Waals surface area contributed by atoms with E-state index in [1.54, 1.807) is 57.4 Å². The van der Waals surface area contributed by atoms with E-state index in [0.29, 0.717) is 17.8 Å². The molecule has 0 atom stereocenters. The van der Waals surface area contributed by atoms with Gasteiger partial charge in [0.1, 0.15) is 40.4 Å². The fourth-order valence-corrected chi connectivity index (χ4v) is 2.59. The molecule has 0 bridgehead atoms. The molecule has 0 aliphatic heterocycles. The number of nitrogens with zero attached hydrogens (tertiary/aromatic N) is 9. The fourth-order valence-electron chi connectivity index (χ4n) is 2.59. The Morgan fingerprint density at radius 2 is 0.611 bits per heavy atom. The first-order valence-electron chi connectivity index (χ1n) is 10.3. The second kappa shape index (κ2) is 17.1. The van der Waals surface area contributed by atoms with E-state index in [4.69, 9.17) is 45.6 Å². The lowest BCUT2D eigenvalue weighted by atomic mass is 10.6. The molecule has 2 aromatic rings. The molecule has 0 aromatic carbocycles. The number of methoxy groups -OCH3 is 6. The summed E-state index contributed by atoms with van der Waals surface area (Å²) in [7, 11) is 9.48. The summed E-state index contributed by atoms with van der Waals surface area (Å²) >= 11 is 0. The van der Waals surface area contributed by atoms with Gasteiger partial charge in [-0.25, -0.2) is 0 Å². The summed E-state index contributed by atoms with van der Waals surface area (Å²) in [5.74, 6) is 1.23. The molecule has 2 aromatic heterocycles. The average Bonchev–Trinajstić information content (AvgIpc) is 2.83. The maximum atomic E-state index is 5.22. The van der Waals surface area contributed by atoms with Gasteiger partial charge in [-0.3, -0.25) is 14.7 Å². The van der Waals surface area contributed by atoms with Crippen LogP contribution >= 0.6 is 0 Å². The van der Waals surface area contributed by atoms with E-state index in [2.05, 4.69) is 29.9 Å². The third-order valence-corrected chi connectivity index (χ3v) is 3.85. The normalized spacial score (nSPS) is 10.5. The number of anilines is 6. The van der Waals surface area contributed by atoms with Gasteiger partial charge in [-0.05, 0) is 0 Å². The molecule has 0 radical (unpaired) electrons. The highest BCUT2D eigenvalue weighted by atomic mass is 16.5. The van der Waals surface area contributed by atoms with Crippen LogP contribution in [0.2, 0.25) is 0 Å². The van der Waals surface area contributed by atoms with Gasteiger partial charge in [0.05, 0.1) is 0 Å². The van der Waals surface area contributed by atoms with E-state index >= 15 is 0 Å². The summed E-state index contributed by atoms with van der Waals surface area (Å²) in [6.07, 6.45) is 0. The van der Waals surface area contributed by atoms with Gasteiger partial charge in [-0.2, -0.15) is 29.9 Å². The smallest absolute Gasteiger partial charge is 0.235 e. The molecule has 0 spiro atoms. The maximum Gasteiger partial charge on any atom is 0.235 e. The quantitative estimate of drug-likeness (QED) is 0.230. The molecule has 0 aliphatic rings. The maximum absolute atomic E-state index is 5.22. The highest BCUT2D eigenvalue weighted by molar-refractivity contribution is 5.45. The minimum atomic E-state index is 0.0417. The van der Waals surface area contributed by atoms with Gasteiger partial charge in [0, 0.05) is 42.7 Å². The Labute approximate surface area is 209 Å². The van der Waals surface area contributed by atoms with Crippen molar-refractivity contribution in [2.45, 2.75) is 0 Å². The Bertz CT molecular complexity index is 730. The molecule has 18 nitrogen and oxygen atoms in total. The van der Waals surface area contributed by atoms with E-state index in [0.717, 1.165) is 0 Å². The Morgan fingerprint density at radius 1 is 0.417 bits per heavy atom. The van der Waals surface area contributed by atoms with Gasteiger partial charge in [0.25, 0.3) is 0 Å². The number of aromatic nitrogens is 6. The van der Waals surface area contributed by atoms with Gasteiger partial charge in [-0.1, -0.05) is 0 Å². The predicted octanol–water partition coefficient (Wildman–Crippen LogP) is -1.47. The molecule has 0 saturated heterocycles. The van der Waals surface area contributed by atoms with Crippen molar-refractivity contribution in [3.05, 3.63) is 0 Å². The summed E-state index contributed by atoms with van der Waals surface area (Å²) < 4.78 is 31.3. The zero-order valence-corrected chi connectivity index (χ0v) is 21.4. The molecule has 204 valence electrons. The highest BCUT2D eigenvalue weighted by Gasteiger charge is 2.20. The lowest BCUT2D eigenvalue weighted by molar-refractivity contribution is 0.134. The standard InChI is InChI=1S/C15H30N6O6.C3H6N6/c1-22-7-19(8-23-2)13-16-14(20(9-24-3)10-25-4)18-15(17-13)21(11-26-5)12-27-6;4-1-7-2(5)9-3(6)8-1/h7-12H2,1-6H3;(H6,4,5,6,7,8,9). The van der Waals surface area contributed by atoms with Crippen molar-refractivity contribution in [2.75, 3.05) is 115 Å². The molecular formula is C18H36N12O6. The number of nitrogen functional groups attached to an aromatic ring is 3. The summed E-state index contributed by atoms with van der Waals surface area (Å²) in [5.41, 5.74) is 15.4. The van der Waals surface area contributed by atoms with Crippen molar-refractivity contribution < 1.29 is 28.4 Å². The van der Waals surface area contributed by atoms with Crippen molar-refractivity contribution >= 4 is 35.7 Å². The van der Waals surface area contributed by atoms with Crippen LogP contribution in [0.1, 0.15) is 0 Å². The van der Waals surface area contributed by atoms with E-state index in [-0.39, 0.29) is 58.2 Å². The van der Waals surface area contributed by atoms with Gasteiger partial charge in [-0.15, -0.1) is 0 Å². The molecule has 0 unspecified atom stereocenters. The number of nitrogens with two attached hydrogens (primary N) is 3. The van der Waals surface area contributed by atoms with Crippen molar-refractivity contribution in [3.8, 4) is 0 Å². The van der Waals surface area contributed by atoms with Gasteiger partial charge in [0.2, 0.25) is 35.7 Å². The third-order valence-electron chi connectivity index (χ3n) is 3.85. The SMILES string of the molecule is COCN(COC)c1nc(N(COC)COC)nc(N(COC)COC)n1.Nc1nc(N)nc(N)n1. The van der Waals surface area contributed by atoms with Crippen LogP contribution in [-0.2, 0) is 28.4 Å². The van der Waals surface area contributed by atoms with E-state index < -0.39 is 0 Å². The minimum Gasteiger partial charge on any atom is -0.368 e. The molecule has 0 saturated carbocycles. The minimum absolute atomic E-state index is 0.0417. The highest BCUT2D eigenvalue weighted by Crippen LogP contribution is 2.19. The number of ether oxygens (including phenoxy) is 6. The van der Waals surface area contributed by atoms with Crippen LogP contribution < -0.4 is 31.9 Å². The average molecular weight is 517 g/mol. The first-order valence-corrected chi connectivity index (χ1v) is 10.3.